The van der Waals surface area contributed by atoms with Crippen LogP contribution in [0.25, 0.3) is 11.5 Å². The smallest absolute Gasteiger partial charge is 0.186 e. The number of anilines is 1. The SMILES string of the molecule is CCNc1nc(-c2cncn2C2CC2)nc(C)c1F. The van der Waals surface area contributed by atoms with Crippen LogP contribution in [0.1, 0.15) is 31.5 Å². The lowest BCUT2D eigenvalue weighted by atomic mass is 10.3. The first kappa shape index (κ1) is 12.1. The molecule has 0 saturated heterocycles. The summed E-state index contributed by atoms with van der Waals surface area (Å²) in [7, 11) is 0. The number of aromatic nitrogens is 4. The Kier molecular flexibility index (Phi) is 2.93. The second-order valence-electron chi connectivity index (χ2n) is 4.74. The fraction of sp³-hybridized carbons (Fsp3) is 0.462. The van der Waals surface area contributed by atoms with E-state index >= 15 is 0 Å². The lowest BCUT2D eigenvalue weighted by Gasteiger charge is -2.10. The minimum Gasteiger partial charge on any atom is -0.368 e. The Hall–Kier alpha value is -1.98. The van der Waals surface area contributed by atoms with Gasteiger partial charge in [0, 0.05) is 12.6 Å². The molecule has 1 fully saturated rings. The summed E-state index contributed by atoms with van der Waals surface area (Å²) in [4.78, 5) is 12.7. The van der Waals surface area contributed by atoms with Crippen molar-refractivity contribution in [2.75, 3.05) is 11.9 Å². The number of hydrogen-bond acceptors (Lipinski definition) is 4. The highest BCUT2D eigenvalue weighted by atomic mass is 19.1. The Morgan fingerprint density at radius 2 is 2.21 bits per heavy atom. The van der Waals surface area contributed by atoms with E-state index in [0.717, 1.165) is 18.5 Å². The van der Waals surface area contributed by atoms with Gasteiger partial charge in [-0.15, -0.1) is 0 Å². The predicted octanol–water partition coefficient (Wildman–Crippen LogP) is 2.55. The van der Waals surface area contributed by atoms with Crippen LogP contribution < -0.4 is 5.32 Å². The van der Waals surface area contributed by atoms with Crippen LogP contribution in [-0.4, -0.2) is 26.1 Å². The number of hydrogen-bond donors (Lipinski definition) is 1. The molecule has 0 aromatic carbocycles. The molecule has 3 rings (SSSR count). The molecule has 5 nitrogen and oxygen atoms in total. The molecule has 1 saturated carbocycles. The van der Waals surface area contributed by atoms with Gasteiger partial charge in [0.2, 0.25) is 0 Å². The van der Waals surface area contributed by atoms with Gasteiger partial charge in [-0.2, -0.15) is 0 Å². The summed E-state index contributed by atoms with van der Waals surface area (Å²) in [5.41, 5.74) is 1.20. The second kappa shape index (κ2) is 4.60. The summed E-state index contributed by atoms with van der Waals surface area (Å²) in [5, 5.41) is 2.93. The number of halogens is 1. The summed E-state index contributed by atoms with van der Waals surface area (Å²) in [6, 6.07) is 0.494. The van der Waals surface area contributed by atoms with E-state index in [1.54, 1.807) is 19.4 Å². The molecular weight excluding hydrogens is 245 g/mol. The maximum Gasteiger partial charge on any atom is 0.186 e. The molecular formula is C13H16FN5. The number of rotatable bonds is 4. The van der Waals surface area contributed by atoms with E-state index in [2.05, 4.69) is 24.8 Å². The van der Waals surface area contributed by atoms with Crippen LogP contribution in [0.15, 0.2) is 12.5 Å². The van der Waals surface area contributed by atoms with E-state index in [1.807, 2.05) is 6.92 Å². The molecule has 2 aromatic rings. The van der Waals surface area contributed by atoms with E-state index in [0.29, 0.717) is 24.1 Å². The number of nitrogens with zero attached hydrogens (tertiary/aromatic N) is 4. The standard InChI is InChI=1S/C13H16FN5/c1-3-16-13-11(14)8(2)17-12(18-13)10-6-15-7-19(10)9-4-5-9/h6-7,9H,3-5H2,1-2H3,(H,16,17,18). The van der Waals surface area contributed by atoms with Crippen molar-refractivity contribution < 1.29 is 4.39 Å². The normalized spacial score (nSPS) is 14.7. The van der Waals surface area contributed by atoms with Crippen LogP contribution in [-0.2, 0) is 0 Å². The minimum atomic E-state index is -0.386. The van der Waals surface area contributed by atoms with Crippen molar-refractivity contribution in [3.05, 3.63) is 24.0 Å². The zero-order valence-electron chi connectivity index (χ0n) is 11.0. The molecule has 2 heterocycles. The van der Waals surface area contributed by atoms with Gasteiger partial charge in [-0.25, -0.2) is 19.3 Å². The van der Waals surface area contributed by atoms with Crippen molar-refractivity contribution in [3.63, 3.8) is 0 Å². The molecule has 0 aliphatic heterocycles. The van der Waals surface area contributed by atoms with E-state index in [4.69, 9.17) is 0 Å². The third-order valence-corrected chi connectivity index (χ3v) is 3.20. The van der Waals surface area contributed by atoms with Gasteiger partial charge < -0.3 is 9.88 Å². The fourth-order valence-corrected chi connectivity index (χ4v) is 2.08. The Balaban J connectivity index is 2.06. The van der Waals surface area contributed by atoms with Gasteiger partial charge >= 0.3 is 0 Å². The second-order valence-corrected chi connectivity index (χ2v) is 4.74. The summed E-state index contributed by atoms with van der Waals surface area (Å²) >= 11 is 0. The largest absolute Gasteiger partial charge is 0.368 e. The number of imidazole rings is 1. The van der Waals surface area contributed by atoms with E-state index in [1.165, 1.54) is 0 Å². The third-order valence-electron chi connectivity index (χ3n) is 3.20. The highest BCUT2D eigenvalue weighted by Gasteiger charge is 2.27. The van der Waals surface area contributed by atoms with Gasteiger partial charge in [0.05, 0.1) is 18.2 Å². The molecule has 0 amide bonds. The quantitative estimate of drug-likeness (QED) is 0.919. The molecule has 0 spiro atoms. The Bertz CT molecular complexity index is 603. The van der Waals surface area contributed by atoms with Gasteiger partial charge in [0.15, 0.2) is 17.5 Å². The van der Waals surface area contributed by atoms with Gasteiger partial charge in [-0.05, 0) is 26.7 Å². The first-order valence-corrected chi connectivity index (χ1v) is 6.51. The molecule has 1 N–H and O–H groups in total. The molecule has 19 heavy (non-hydrogen) atoms. The summed E-state index contributed by atoms with van der Waals surface area (Å²) < 4.78 is 15.9. The minimum absolute atomic E-state index is 0.258. The molecule has 0 atom stereocenters. The van der Waals surface area contributed by atoms with Gasteiger partial charge in [0.1, 0.15) is 5.69 Å². The molecule has 6 heteroatoms. The summed E-state index contributed by atoms with van der Waals surface area (Å²) in [6.07, 6.45) is 5.84. The maximum absolute atomic E-state index is 13.9. The molecule has 0 unspecified atom stereocenters. The van der Waals surface area contributed by atoms with Crippen LogP contribution in [0.5, 0.6) is 0 Å². The van der Waals surface area contributed by atoms with Crippen molar-refractivity contribution >= 4 is 5.82 Å². The van der Waals surface area contributed by atoms with E-state index < -0.39 is 0 Å². The van der Waals surface area contributed by atoms with Crippen molar-refractivity contribution in [3.8, 4) is 11.5 Å². The third kappa shape index (κ3) is 2.18. The molecule has 2 aromatic heterocycles. The first-order valence-electron chi connectivity index (χ1n) is 6.51. The number of nitrogens with one attached hydrogen (secondary N) is 1. The molecule has 1 aliphatic carbocycles. The average Bonchev–Trinajstić information content (AvgIpc) is 3.12. The van der Waals surface area contributed by atoms with Crippen molar-refractivity contribution in [1.29, 1.82) is 0 Å². The van der Waals surface area contributed by atoms with Crippen molar-refractivity contribution in [2.45, 2.75) is 32.7 Å². The van der Waals surface area contributed by atoms with Crippen LogP contribution in [0.2, 0.25) is 0 Å². The summed E-state index contributed by atoms with van der Waals surface area (Å²) in [6.45, 7) is 4.18. The zero-order valence-corrected chi connectivity index (χ0v) is 11.0. The van der Waals surface area contributed by atoms with Crippen molar-refractivity contribution in [2.24, 2.45) is 0 Å². The van der Waals surface area contributed by atoms with Gasteiger partial charge in [-0.1, -0.05) is 0 Å². The topological polar surface area (TPSA) is 55.6 Å². The lowest BCUT2D eigenvalue weighted by molar-refractivity contribution is 0.605. The van der Waals surface area contributed by atoms with Crippen LogP contribution in [0.4, 0.5) is 10.2 Å². The predicted molar refractivity (Wildman–Crippen MR) is 70.4 cm³/mol. The van der Waals surface area contributed by atoms with Gasteiger partial charge in [-0.3, -0.25) is 0 Å². The van der Waals surface area contributed by atoms with Gasteiger partial charge in [0.25, 0.3) is 0 Å². The van der Waals surface area contributed by atoms with E-state index in [-0.39, 0.29) is 11.6 Å². The molecule has 0 bridgehead atoms. The molecule has 0 radical (unpaired) electrons. The van der Waals surface area contributed by atoms with Crippen LogP contribution in [0, 0.1) is 12.7 Å². The Labute approximate surface area is 110 Å². The van der Waals surface area contributed by atoms with Crippen LogP contribution >= 0.6 is 0 Å². The van der Waals surface area contributed by atoms with Crippen molar-refractivity contribution in [1.82, 2.24) is 19.5 Å². The molecule has 1 aliphatic rings. The highest BCUT2D eigenvalue weighted by Crippen LogP contribution is 2.37. The Morgan fingerprint density at radius 3 is 2.89 bits per heavy atom. The fourth-order valence-electron chi connectivity index (χ4n) is 2.08. The van der Waals surface area contributed by atoms with Crippen LogP contribution in [0.3, 0.4) is 0 Å². The Morgan fingerprint density at radius 1 is 1.42 bits per heavy atom. The van der Waals surface area contributed by atoms with E-state index in [9.17, 15) is 4.39 Å². The lowest BCUT2D eigenvalue weighted by Crippen LogP contribution is -2.08. The highest BCUT2D eigenvalue weighted by molar-refractivity contribution is 5.54. The summed E-state index contributed by atoms with van der Waals surface area (Å²) in [5.74, 6) is 0.399. The number of aryl methyl sites for hydroxylation is 1. The zero-order chi connectivity index (χ0) is 13.4. The maximum atomic E-state index is 13.9. The average molecular weight is 261 g/mol. The molecule has 100 valence electrons. The monoisotopic (exact) mass is 261 g/mol. The first-order chi connectivity index (χ1) is 9.20.